The summed E-state index contributed by atoms with van der Waals surface area (Å²) in [5.41, 5.74) is 2.10. The third kappa shape index (κ3) is 3.47. The maximum atomic E-state index is 12.7. The van der Waals surface area contributed by atoms with Gasteiger partial charge in [-0.05, 0) is 36.4 Å². The van der Waals surface area contributed by atoms with Crippen LogP contribution in [0.15, 0.2) is 41.8 Å². The molecular formula is C20H23N3OS. The number of rotatable bonds is 4. The van der Waals surface area contributed by atoms with Gasteiger partial charge in [-0.1, -0.05) is 31.0 Å². The van der Waals surface area contributed by atoms with Crippen LogP contribution in [0.3, 0.4) is 0 Å². The number of benzene rings is 1. The van der Waals surface area contributed by atoms with Crippen molar-refractivity contribution in [3.05, 3.63) is 41.8 Å². The van der Waals surface area contributed by atoms with E-state index in [0.717, 1.165) is 47.7 Å². The normalized spacial score (nSPS) is 15.4. The fourth-order valence-corrected chi connectivity index (χ4v) is 4.30. The maximum Gasteiger partial charge on any atom is 0.224 e. The first kappa shape index (κ1) is 16.3. The molecule has 0 aliphatic carbocycles. The van der Waals surface area contributed by atoms with E-state index in [9.17, 15) is 4.79 Å². The van der Waals surface area contributed by atoms with Crippen molar-refractivity contribution in [3.63, 3.8) is 0 Å². The van der Waals surface area contributed by atoms with Crippen molar-refractivity contribution in [1.82, 2.24) is 14.5 Å². The molecule has 0 unspecified atom stereocenters. The molecule has 2 aromatic heterocycles. The number of amides is 1. The molecule has 1 saturated heterocycles. The van der Waals surface area contributed by atoms with Crippen LogP contribution in [0.1, 0.15) is 32.1 Å². The summed E-state index contributed by atoms with van der Waals surface area (Å²) in [6.07, 6.45) is 5.32. The summed E-state index contributed by atoms with van der Waals surface area (Å²) < 4.78 is 2.21. The second-order valence-corrected chi connectivity index (χ2v) is 7.55. The van der Waals surface area contributed by atoms with Gasteiger partial charge < -0.3 is 9.47 Å². The lowest BCUT2D eigenvalue weighted by Gasteiger charge is -2.20. The third-order valence-corrected chi connectivity index (χ3v) is 5.77. The zero-order valence-corrected chi connectivity index (χ0v) is 15.2. The Kier molecular flexibility index (Phi) is 4.83. The van der Waals surface area contributed by atoms with Crippen molar-refractivity contribution < 1.29 is 4.79 Å². The number of carbonyl (C=O) groups excluding carboxylic acids is 1. The summed E-state index contributed by atoms with van der Waals surface area (Å²) in [5, 5.41) is 2.07. The monoisotopic (exact) mass is 353 g/mol. The van der Waals surface area contributed by atoms with Crippen molar-refractivity contribution in [3.8, 4) is 10.7 Å². The zero-order chi connectivity index (χ0) is 17.1. The van der Waals surface area contributed by atoms with Gasteiger partial charge in [-0.25, -0.2) is 4.98 Å². The van der Waals surface area contributed by atoms with E-state index in [4.69, 9.17) is 4.98 Å². The molecule has 0 radical (unpaired) electrons. The van der Waals surface area contributed by atoms with E-state index < -0.39 is 0 Å². The van der Waals surface area contributed by atoms with E-state index in [1.807, 2.05) is 24.3 Å². The predicted molar refractivity (Wildman–Crippen MR) is 103 cm³/mol. The summed E-state index contributed by atoms with van der Waals surface area (Å²) in [6, 6.07) is 12.3. The van der Waals surface area contributed by atoms with Gasteiger partial charge >= 0.3 is 0 Å². The Bertz CT molecular complexity index is 845. The van der Waals surface area contributed by atoms with Crippen molar-refractivity contribution >= 4 is 28.3 Å². The van der Waals surface area contributed by atoms with E-state index in [1.165, 1.54) is 12.8 Å². The Balaban J connectivity index is 1.58. The van der Waals surface area contributed by atoms with Crippen LogP contribution in [-0.4, -0.2) is 33.4 Å². The van der Waals surface area contributed by atoms with Gasteiger partial charge in [-0.2, -0.15) is 0 Å². The average molecular weight is 353 g/mol. The molecule has 5 heteroatoms. The van der Waals surface area contributed by atoms with Crippen molar-refractivity contribution in [2.75, 3.05) is 13.1 Å². The molecular weight excluding hydrogens is 330 g/mol. The quantitative estimate of drug-likeness (QED) is 0.690. The Labute approximate surface area is 152 Å². The molecule has 1 aromatic carbocycles. The number of para-hydroxylation sites is 2. The Morgan fingerprint density at radius 3 is 2.60 bits per heavy atom. The highest BCUT2D eigenvalue weighted by Gasteiger charge is 2.18. The average Bonchev–Trinajstić information content (AvgIpc) is 3.20. The van der Waals surface area contributed by atoms with Crippen LogP contribution in [0.5, 0.6) is 0 Å². The third-order valence-electron chi connectivity index (χ3n) is 4.90. The molecule has 1 aliphatic rings. The van der Waals surface area contributed by atoms with Gasteiger partial charge in [0.25, 0.3) is 0 Å². The SMILES string of the molecule is O=C(CCn1c(-c2cccs2)nc2ccccc21)N1CCCCCC1. The Hall–Kier alpha value is -2.14. The van der Waals surface area contributed by atoms with Crippen molar-refractivity contribution in [1.29, 1.82) is 0 Å². The van der Waals surface area contributed by atoms with Gasteiger partial charge in [0.2, 0.25) is 5.91 Å². The van der Waals surface area contributed by atoms with E-state index in [-0.39, 0.29) is 5.91 Å². The number of thiophene rings is 1. The molecule has 4 nitrogen and oxygen atoms in total. The van der Waals surface area contributed by atoms with Crippen LogP contribution in [0, 0.1) is 0 Å². The van der Waals surface area contributed by atoms with Gasteiger partial charge in [0.15, 0.2) is 5.82 Å². The van der Waals surface area contributed by atoms with Gasteiger partial charge in [0.05, 0.1) is 15.9 Å². The van der Waals surface area contributed by atoms with Crippen molar-refractivity contribution in [2.45, 2.75) is 38.6 Å². The van der Waals surface area contributed by atoms with Crippen LogP contribution in [0.2, 0.25) is 0 Å². The first-order chi connectivity index (χ1) is 12.3. The number of hydrogen-bond acceptors (Lipinski definition) is 3. The smallest absolute Gasteiger partial charge is 0.224 e. The standard InChI is InChI=1S/C20H23N3OS/c24-19(22-12-5-1-2-6-13-22)11-14-23-17-9-4-3-8-16(17)21-20(23)18-10-7-15-25-18/h3-4,7-10,15H,1-2,5-6,11-14H2. The number of carbonyl (C=O) groups is 1. The minimum atomic E-state index is 0.275. The molecule has 0 bridgehead atoms. The van der Waals surface area contributed by atoms with E-state index in [1.54, 1.807) is 11.3 Å². The number of fused-ring (bicyclic) bond motifs is 1. The number of aryl methyl sites for hydroxylation is 1. The molecule has 4 rings (SSSR count). The van der Waals surface area contributed by atoms with E-state index >= 15 is 0 Å². The first-order valence-electron chi connectivity index (χ1n) is 9.10. The molecule has 130 valence electrons. The molecule has 3 aromatic rings. The molecule has 3 heterocycles. The molecule has 25 heavy (non-hydrogen) atoms. The second kappa shape index (κ2) is 7.40. The molecule has 1 aliphatic heterocycles. The van der Waals surface area contributed by atoms with Gasteiger partial charge in [-0.15, -0.1) is 11.3 Å². The maximum absolute atomic E-state index is 12.7. The summed E-state index contributed by atoms with van der Waals surface area (Å²) in [6.45, 7) is 2.52. The van der Waals surface area contributed by atoms with Crippen LogP contribution in [0.25, 0.3) is 21.7 Å². The van der Waals surface area contributed by atoms with Crippen LogP contribution in [-0.2, 0) is 11.3 Å². The highest BCUT2D eigenvalue weighted by atomic mass is 32.1. The topological polar surface area (TPSA) is 38.1 Å². The summed E-state index contributed by atoms with van der Waals surface area (Å²) >= 11 is 1.69. The molecule has 0 saturated carbocycles. The molecule has 0 atom stereocenters. The predicted octanol–water partition coefficient (Wildman–Crippen LogP) is 4.56. The zero-order valence-electron chi connectivity index (χ0n) is 14.4. The molecule has 1 amide bonds. The first-order valence-corrected chi connectivity index (χ1v) is 9.98. The van der Waals surface area contributed by atoms with E-state index in [2.05, 4.69) is 27.0 Å². The lowest BCUT2D eigenvalue weighted by atomic mass is 10.2. The van der Waals surface area contributed by atoms with Crippen LogP contribution >= 0.6 is 11.3 Å². The number of hydrogen-bond donors (Lipinski definition) is 0. The van der Waals surface area contributed by atoms with E-state index in [0.29, 0.717) is 13.0 Å². The second-order valence-electron chi connectivity index (χ2n) is 6.60. The van der Waals surface area contributed by atoms with Crippen LogP contribution < -0.4 is 0 Å². The highest BCUT2D eigenvalue weighted by molar-refractivity contribution is 7.13. The van der Waals surface area contributed by atoms with Crippen LogP contribution in [0.4, 0.5) is 0 Å². The fraction of sp³-hybridized carbons (Fsp3) is 0.400. The fourth-order valence-electron chi connectivity index (χ4n) is 3.58. The summed E-state index contributed by atoms with van der Waals surface area (Å²) in [5.74, 6) is 1.25. The minimum Gasteiger partial charge on any atom is -0.343 e. The minimum absolute atomic E-state index is 0.275. The van der Waals surface area contributed by atoms with Crippen molar-refractivity contribution in [2.24, 2.45) is 0 Å². The molecule has 1 fully saturated rings. The summed E-state index contributed by atoms with van der Waals surface area (Å²) in [4.78, 5) is 20.7. The number of imidazole rings is 1. The van der Waals surface area contributed by atoms with Gasteiger partial charge in [0.1, 0.15) is 0 Å². The largest absolute Gasteiger partial charge is 0.343 e. The number of aromatic nitrogens is 2. The van der Waals surface area contributed by atoms with Gasteiger partial charge in [-0.3, -0.25) is 4.79 Å². The summed E-state index contributed by atoms with van der Waals surface area (Å²) in [7, 11) is 0. The lowest BCUT2D eigenvalue weighted by Crippen LogP contribution is -2.32. The number of likely N-dealkylation sites (tertiary alicyclic amines) is 1. The Morgan fingerprint density at radius 1 is 1.04 bits per heavy atom. The number of nitrogens with zero attached hydrogens (tertiary/aromatic N) is 3. The van der Waals surface area contributed by atoms with Gasteiger partial charge in [0, 0.05) is 26.1 Å². The highest BCUT2D eigenvalue weighted by Crippen LogP contribution is 2.28. The Morgan fingerprint density at radius 2 is 1.84 bits per heavy atom. The molecule has 0 spiro atoms. The molecule has 0 N–H and O–H groups in total. The lowest BCUT2D eigenvalue weighted by molar-refractivity contribution is -0.131.